The van der Waals surface area contributed by atoms with Crippen molar-refractivity contribution in [2.24, 2.45) is 0 Å². The molecular weight excluding hydrogens is 280 g/mol. The van der Waals surface area contributed by atoms with Crippen LogP contribution in [0.15, 0.2) is 22.8 Å². The van der Waals surface area contributed by atoms with Crippen molar-refractivity contribution in [1.29, 1.82) is 0 Å². The van der Waals surface area contributed by atoms with Crippen molar-refractivity contribution in [2.75, 3.05) is 16.8 Å². The maximum absolute atomic E-state index is 11.2. The zero-order valence-electron chi connectivity index (χ0n) is 7.98. The highest BCUT2D eigenvalue weighted by molar-refractivity contribution is 9.10. The van der Waals surface area contributed by atoms with Crippen LogP contribution in [0, 0.1) is 0 Å². The van der Waals surface area contributed by atoms with Crippen LogP contribution in [0.2, 0.25) is 0 Å². The Bertz CT molecular complexity index is 444. The molecule has 0 amide bonds. The molecule has 1 aromatic heterocycles. The second-order valence-electron chi connectivity index (χ2n) is 3.61. The van der Waals surface area contributed by atoms with Gasteiger partial charge < -0.3 is 5.32 Å². The highest BCUT2D eigenvalue weighted by atomic mass is 79.9. The number of pyridine rings is 1. The minimum absolute atomic E-state index is 0.00340. The van der Waals surface area contributed by atoms with E-state index in [0.29, 0.717) is 6.42 Å². The molecule has 1 fully saturated rings. The van der Waals surface area contributed by atoms with Gasteiger partial charge in [0.2, 0.25) is 0 Å². The average molecular weight is 291 g/mol. The summed E-state index contributed by atoms with van der Waals surface area (Å²) in [7, 11) is -2.82. The first kappa shape index (κ1) is 10.9. The Morgan fingerprint density at radius 3 is 2.80 bits per heavy atom. The van der Waals surface area contributed by atoms with Crippen LogP contribution in [0.25, 0.3) is 0 Å². The Kier molecular flexibility index (Phi) is 2.97. The molecule has 1 N–H and O–H groups in total. The first-order valence-corrected chi connectivity index (χ1v) is 7.25. The quantitative estimate of drug-likeness (QED) is 0.896. The number of sulfone groups is 1. The Morgan fingerprint density at radius 1 is 1.47 bits per heavy atom. The minimum Gasteiger partial charge on any atom is -0.366 e. The molecule has 2 rings (SSSR count). The lowest BCUT2D eigenvalue weighted by atomic mass is 10.2. The molecule has 1 unspecified atom stereocenters. The SMILES string of the molecule is O=S1(=O)CCC(Nc2ccc(Br)cn2)C1. The summed E-state index contributed by atoms with van der Waals surface area (Å²) in [5, 5.41) is 3.11. The molecule has 15 heavy (non-hydrogen) atoms. The van der Waals surface area contributed by atoms with E-state index in [1.54, 1.807) is 6.20 Å². The summed E-state index contributed by atoms with van der Waals surface area (Å²) < 4.78 is 23.3. The summed E-state index contributed by atoms with van der Waals surface area (Å²) in [6, 6.07) is 3.71. The number of anilines is 1. The van der Waals surface area contributed by atoms with Gasteiger partial charge >= 0.3 is 0 Å². The first-order chi connectivity index (χ1) is 7.05. The van der Waals surface area contributed by atoms with Crippen LogP contribution < -0.4 is 5.32 Å². The molecule has 1 aliphatic rings. The summed E-state index contributed by atoms with van der Waals surface area (Å²) in [5.41, 5.74) is 0. The molecule has 6 heteroatoms. The normalized spacial score (nSPS) is 23.9. The summed E-state index contributed by atoms with van der Waals surface area (Å²) in [5.74, 6) is 1.21. The summed E-state index contributed by atoms with van der Waals surface area (Å²) >= 11 is 3.29. The number of nitrogens with zero attached hydrogens (tertiary/aromatic N) is 1. The zero-order valence-corrected chi connectivity index (χ0v) is 10.4. The fourth-order valence-electron chi connectivity index (χ4n) is 1.58. The molecule has 0 spiro atoms. The molecule has 1 atom stereocenters. The van der Waals surface area contributed by atoms with Crippen molar-refractivity contribution in [2.45, 2.75) is 12.5 Å². The minimum atomic E-state index is -2.82. The molecule has 0 bridgehead atoms. The van der Waals surface area contributed by atoms with Crippen molar-refractivity contribution < 1.29 is 8.42 Å². The van der Waals surface area contributed by atoms with Crippen LogP contribution in [0.1, 0.15) is 6.42 Å². The van der Waals surface area contributed by atoms with Gasteiger partial charge in [-0.1, -0.05) is 0 Å². The third-order valence-corrected chi connectivity index (χ3v) is 4.55. The molecule has 82 valence electrons. The van der Waals surface area contributed by atoms with E-state index in [2.05, 4.69) is 26.2 Å². The Morgan fingerprint density at radius 2 is 2.27 bits per heavy atom. The average Bonchev–Trinajstić information content (AvgIpc) is 2.50. The van der Waals surface area contributed by atoms with Gasteiger partial charge in [-0.15, -0.1) is 0 Å². The Labute approximate surface area is 97.1 Å². The van der Waals surface area contributed by atoms with Gasteiger partial charge in [-0.3, -0.25) is 0 Å². The molecule has 0 radical (unpaired) electrons. The predicted octanol–water partition coefficient (Wildman–Crippen LogP) is 1.44. The van der Waals surface area contributed by atoms with E-state index in [4.69, 9.17) is 0 Å². The molecule has 2 heterocycles. The van der Waals surface area contributed by atoms with E-state index in [9.17, 15) is 8.42 Å². The largest absolute Gasteiger partial charge is 0.366 e. The highest BCUT2D eigenvalue weighted by Gasteiger charge is 2.27. The van der Waals surface area contributed by atoms with Crippen molar-refractivity contribution in [3.05, 3.63) is 22.8 Å². The fraction of sp³-hybridized carbons (Fsp3) is 0.444. The van der Waals surface area contributed by atoms with E-state index in [1.165, 1.54) is 0 Å². The van der Waals surface area contributed by atoms with Crippen LogP contribution >= 0.6 is 15.9 Å². The maximum Gasteiger partial charge on any atom is 0.152 e. The number of rotatable bonds is 2. The summed E-state index contributed by atoms with van der Waals surface area (Å²) in [6.07, 6.45) is 2.35. The third kappa shape index (κ3) is 2.92. The van der Waals surface area contributed by atoms with Gasteiger partial charge in [-0.05, 0) is 34.5 Å². The maximum atomic E-state index is 11.2. The van der Waals surface area contributed by atoms with E-state index < -0.39 is 9.84 Å². The molecule has 4 nitrogen and oxygen atoms in total. The molecule has 1 aliphatic heterocycles. The van der Waals surface area contributed by atoms with Crippen LogP contribution in [0.4, 0.5) is 5.82 Å². The molecule has 0 aromatic carbocycles. The first-order valence-electron chi connectivity index (χ1n) is 4.64. The fourth-order valence-corrected chi connectivity index (χ4v) is 3.49. The van der Waals surface area contributed by atoms with Crippen LogP contribution in [0.5, 0.6) is 0 Å². The number of aromatic nitrogens is 1. The van der Waals surface area contributed by atoms with E-state index in [0.717, 1.165) is 10.3 Å². The number of hydrogen-bond donors (Lipinski definition) is 1. The van der Waals surface area contributed by atoms with E-state index >= 15 is 0 Å². The van der Waals surface area contributed by atoms with E-state index in [-0.39, 0.29) is 17.5 Å². The molecular formula is C9H11BrN2O2S. The van der Waals surface area contributed by atoms with Gasteiger partial charge in [0, 0.05) is 16.7 Å². The number of nitrogens with one attached hydrogen (secondary N) is 1. The Hall–Kier alpha value is -0.620. The molecule has 1 aromatic rings. The number of halogens is 1. The number of hydrogen-bond acceptors (Lipinski definition) is 4. The lowest BCUT2D eigenvalue weighted by molar-refractivity contribution is 0.602. The van der Waals surface area contributed by atoms with Crippen molar-refractivity contribution in [3.8, 4) is 0 Å². The smallest absolute Gasteiger partial charge is 0.152 e. The standard InChI is InChI=1S/C9H11BrN2O2S/c10-7-1-2-9(11-5-7)12-8-3-4-15(13,14)6-8/h1-2,5,8H,3-4,6H2,(H,11,12). The lowest BCUT2D eigenvalue weighted by Gasteiger charge is -2.10. The molecule has 1 saturated heterocycles. The van der Waals surface area contributed by atoms with Gasteiger partial charge in [-0.2, -0.15) is 0 Å². The van der Waals surface area contributed by atoms with E-state index in [1.807, 2.05) is 12.1 Å². The van der Waals surface area contributed by atoms with Gasteiger partial charge in [0.05, 0.1) is 11.5 Å². The van der Waals surface area contributed by atoms with Crippen LogP contribution in [0.3, 0.4) is 0 Å². The Balaban J connectivity index is 2.02. The topological polar surface area (TPSA) is 59.1 Å². The molecule has 0 saturated carbocycles. The van der Waals surface area contributed by atoms with Gasteiger partial charge in [0.1, 0.15) is 5.82 Å². The lowest BCUT2D eigenvalue weighted by Crippen LogP contribution is -2.21. The van der Waals surface area contributed by atoms with Crippen molar-refractivity contribution in [1.82, 2.24) is 4.98 Å². The second kappa shape index (κ2) is 4.09. The highest BCUT2D eigenvalue weighted by Crippen LogP contribution is 2.17. The predicted molar refractivity (Wildman–Crippen MR) is 62.6 cm³/mol. The third-order valence-electron chi connectivity index (χ3n) is 2.31. The molecule has 0 aliphatic carbocycles. The summed E-state index contributed by atoms with van der Waals surface area (Å²) in [4.78, 5) is 4.14. The van der Waals surface area contributed by atoms with Crippen LogP contribution in [-0.4, -0.2) is 30.9 Å². The van der Waals surface area contributed by atoms with Crippen molar-refractivity contribution in [3.63, 3.8) is 0 Å². The van der Waals surface area contributed by atoms with Gasteiger partial charge in [0.25, 0.3) is 0 Å². The zero-order chi connectivity index (χ0) is 10.9. The van der Waals surface area contributed by atoms with Gasteiger partial charge in [-0.25, -0.2) is 13.4 Å². The van der Waals surface area contributed by atoms with Crippen LogP contribution in [-0.2, 0) is 9.84 Å². The summed E-state index contributed by atoms with van der Waals surface area (Å²) in [6.45, 7) is 0. The monoisotopic (exact) mass is 290 g/mol. The van der Waals surface area contributed by atoms with Crippen molar-refractivity contribution >= 4 is 31.6 Å². The second-order valence-corrected chi connectivity index (χ2v) is 6.75. The van der Waals surface area contributed by atoms with Gasteiger partial charge in [0.15, 0.2) is 9.84 Å².